The smallest absolute Gasteiger partial charge is 0.124 e. The standard InChI is InChI=1S/C15H20BrFN2/c16-13-5-12(6-14(17)8-13)15(19-18)7-11-4-9-1-2-10(11)3-9/h5-6,8-11,15,19H,1-4,7,18H2. The molecule has 0 aromatic heterocycles. The third-order valence-corrected chi connectivity index (χ3v) is 5.37. The summed E-state index contributed by atoms with van der Waals surface area (Å²) >= 11 is 3.35. The van der Waals surface area contributed by atoms with Crippen molar-refractivity contribution in [2.24, 2.45) is 23.6 Å². The molecule has 4 atom stereocenters. The second-order valence-corrected chi connectivity index (χ2v) is 7.01. The highest BCUT2D eigenvalue weighted by atomic mass is 79.9. The monoisotopic (exact) mass is 326 g/mol. The summed E-state index contributed by atoms with van der Waals surface area (Å²) in [5.74, 6) is 8.05. The molecule has 0 saturated heterocycles. The Morgan fingerprint density at radius 3 is 2.74 bits per heavy atom. The molecule has 2 bridgehead atoms. The lowest BCUT2D eigenvalue weighted by atomic mass is 9.83. The molecular formula is C15H20BrFN2. The lowest BCUT2D eigenvalue weighted by Gasteiger charge is -2.26. The molecule has 4 heteroatoms. The molecule has 1 aromatic rings. The van der Waals surface area contributed by atoms with Crippen molar-refractivity contribution in [1.82, 2.24) is 5.43 Å². The third kappa shape index (κ3) is 2.86. The van der Waals surface area contributed by atoms with Crippen LogP contribution in [-0.4, -0.2) is 0 Å². The molecule has 2 aliphatic rings. The number of hydrogen-bond donors (Lipinski definition) is 2. The molecule has 2 saturated carbocycles. The van der Waals surface area contributed by atoms with E-state index in [9.17, 15) is 4.39 Å². The van der Waals surface area contributed by atoms with Crippen LogP contribution in [0.1, 0.15) is 43.7 Å². The molecule has 4 unspecified atom stereocenters. The minimum Gasteiger partial charge on any atom is -0.271 e. The van der Waals surface area contributed by atoms with Gasteiger partial charge in [-0.15, -0.1) is 0 Å². The van der Waals surface area contributed by atoms with Crippen molar-refractivity contribution >= 4 is 15.9 Å². The summed E-state index contributed by atoms with van der Waals surface area (Å²) in [5.41, 5.74) is 3.81. The number of benzene rings is 1. The van der Waals surface area contributed by atoms with E-state index in [1.807, 2.05) is 6.07 Å². The van der Waals surface area contributed by atoms with Crippen molar-refractivity contribution in [2.45, 2.75) is 38.1 Å². The minimum atomic E-state index is -0.211. The van der Waals surface area contributed by atoms with Crippen molar-refractivity contribution < 1.29 is 4.39 Å². The molecule has 0 amide bonds. The zero-order chi connectivity index (χ0) is 13.4. The molecule has 2 fully saturated rings. The SMILES string of the molecule is NNC(CC1CC2CCC1C2)c1cc(F)cc(Br)c1. The quantitative estimate of drug-likeness (QED) is 0.650. The van der Waals surface area contributed by atoms with Crippen LogP contribution in [0, 0.1) is 23.6 Å². The highest BCUT2D eigenvalue weighted by molar-refractivity contribution is 9.10. The third-order valence-electron chi connectivity index (χ3n) is 4.91. The maximum atomic E-state index is 13.5. The summed E-state index contributed by atoms with van der Waals surface area (Å²) in [6, 6.07) is 5.08. The average molecular weight is 327 g/mol. The number of hydrogen-bond acceptors (Lipinski definition) is 2. The average Bonchev–Trinajstić information content (AvgIpc) is 2.96. The largest absolute Gasteiger partial charge is 0.271 e. The van der Waals surface area contributed by atoms with E-state index < -0.39 is 0 Å². The molecular weight excluding hydrogens is 307 g/mol. The molecule has 2 nitrogen and oxygen atoms in total. The molecule has 0 heterocycles. The van der Waals surface area contributed by atoms with Gasteiger partial charge in [0.25, 0.3) is 0 Å². The van der Waals surface area contributed by atoms with E-state index in [1.54, 1.807) is 6.07 Å². The van der Waals surface area contributed by atoms with E-state index in [2.05, 4.69) is 21.4 Å². The Balaban J connectivity index is 1.73. The van der Waals surface area contributed by atoms with E-state index >= 15 is 0 Å². The Bertz CT molecular complexity index is 445. The lowest BCUT2D eigenvalue weighted by Crippen LogP contribution is -2.30. The van der Waals surface area contributed by atoms with Gasteiger partial charge in [-0.2, -0.15) is 0 Å². The molecule has 0 aliphatic heterocycles. The maximum absolute atomic E-state index is 13.5. The number of halogens is 2. The van der Waals surface area contributed by atoms with Crippen LogP contribution in [0.15, 0.2) is 22.7 Å². The first-order valence-electron chi connectivity index (χ1n) is 7.08. The predicted octanol–water partition coefficient (Wildman–Crippen LogP) is 3.92. The summed E-state index contributed by atoms with van der Waals surface area (Å²) in [5, 5.41) is 0. The summed E-state index contributed by atoms with van der Waals surface area (Å²) in [6.45, 7) is 0. The predicted molar refractivity (Wildman–Crippen MR) is 77.7 cm³/mol. The first kappa shape index (κ1) is 13.5. The fraction of sp³-hybridized carbons (Fsp3) is 0.600. The van der Waals surface area contributed by atoms with Crippen molar-refractivity contribution in [1.29, 1.82) is 0 Å². The number of nitrogens with two attached hydrogens (primary N) is 1. The van der Waals surface area contributed by atoms with Gasteiger partial charge in [0, 0.05) is 10.5 Å². The number of fused-ring (bicyclic) bond motifs is 2. The van der Waals surface area contributed by atoms with Gasteiger partial charge in [0.15, 0.2) is 0 Å². The van der Waals surface area contributed by atoms with Gasteiger partial charge in [-0.05, 0) is 67.2 Å². The van der Waals surface area contributed by atoms with Gasteiger partial charge in [-0.1, -0.05) is 22.4 Å². The zero-order valence-electron chi connectivity index (χ0n) is 10.9. The Kier molecular flexibility index (Phi) is 3.92. The topological polar surface area (TPSA) is 38.0 Å². The molecule has 1 aromatic carbocycles. The van der Waals surface area contributed by atoms with E-state index in [0.717, 1.165) is 34.2 Å². The van der Waals surface area contributed by atoms with Gasteiger partial charge in [0.2, 0.25) is 0 Å². The summed E-state index contributed by atoms with van der Waals surface area (Å²) in [6.07, 6.45) is 6.54. The summed E-state index contributed by atoms with van der Waals surface area (Å²) < 4.78 is 14.3. The molecule has 3 rings (SSSR count). The Labute approximate surface area is 122 Å². The molecule has 2 aliphatic carbocycles. The van der Waals surface area contributed by atoms with E-state index in [0.29, 0.717) is 0 Å². The molecule has 0 spiro atoms. The van der Waals surface area contributed by atoms with Crippen molar-refractivity contribution in [3.63, 3.8) is 0 Å². The van der Waals surface area contributed by atoms with Gasteiger partial charge < -0.3 is 0 Å². The zero-order valence-corrected chi connectivity index (χ0v) is 12.5. The Morgan fingerprint density at radius 2 is 2.16 bits per heavy atom. The van der Waals surface area contributed by atoms with Gasteiger partial charge >= 0.3 is 0 Å². The second-order valence-electron chi connectivity index (χ2n) is 6.09. The first-order chi connectivity index (χ1) is 9.15. The van der Waals surface area contributed by atoms with E-state index in [1.165, 1.54) is 31.7 Å². The first-order valence-corrected chi connectivity index (χ1v) is 7.87. The number of hydrazine groups is 1. The maximum Gasteiger partial charge on any atom is 0.124 e. The van der Waals surface area contributed by atoms with Crippen LogP contribution in [0.3, 0.4) is 0 Å². The highest BCUT2D eigenvalue weighted by Gasteiger charge is 2.40. The summed E-state index contributed by atoms with van der Waals surface area (Å²) in [4.78, 5) is 0. The molecule has 0 radical (unpaired) electrons. The van der Waals surface area contributed by atoms with Gasteiger partial charge in [0.05, 0.1) is 0 Å². The fourth-order valence-electron chi connectivity index (χ4n) is 4.04. The lowest BCUT2D eigenvalue weighted by molar-refractivity contribution is 0.280. The fourth-order valence-corrected chi connectivity index (χ4v) is 4.53. The normalized spacial score (nSPS) is 30.8. The van der Waals surface area contributed by atoms with Crippen LogP contribution in [0.5, 0.6) is 0 Å². The van der Waals surface area contributed by atoms with Crippen LogP contribution in [0.2, 0.25) is 0 Å². The van der Waals surface area contributed by atoms with Crippen LogP contribution in [0.25, 0.3) is 0 Å². The van der Waals surface area contributed by atoms with Gasteiger partial charge in [-0.3, -0.25) is 11.3 Å². The van der Waals surface area contributed by atoms with E-state index in [-0.39, 0.29) is 11.9 Å². The molecule has 19 heavy (non-hydrogen) atoms. The van der Waals surface area contributed by atoms with Crippen LogP contribution in [0.4, 0.5) is 4.39 Å². The van der Waals surface area contributed by atoms with E-state index in [4.69, 9.17) is 5.84 Å². The summed E-state index contributed by atoms with van der Waals surface area (Å²) in [7, 11) is 0. The van der Waals surface area contributed by atoms with Crippen LogP contribution < -0.4 is 11.3 Å². The van der Waals surface area contributed by atoms with Crippen molar-refractivity contribution in [3.8, 4) is 0 Å². The van der Waals surface area contributed by atoms with Gasteiger partial charge in [0.1, 0.15) is 5.82 Å². The minimum absolute atomic E-state index is 0.0522. The highest BCUT2D eigenvalue weighted by Crippen LogP contribution is 2.50. The number of nitrogens with one attached hydrogen (secondary N) is 1. The van der Waals surface area contributed by atoms with Crippen LogP contribution >= 0.6 is 15.9 Å². The Morgan fingerprint density at radius 1 is 1.32 bits per heavy atom. The van der Waals surface area contributed by atoms with Gasteiger partial charge in [-0.25, -0.2) is 4.39 Å². The van der Waals surface area contributed by atoms with Crippen molar-refractivity contribution in [3.05, 3.63) is 34.1 Å². The second kappa shape index (κ2) is 5.51. The molecule has 104 valence electrons. The molecule has 3 N–H and O–H groups in total. The Hall–Kier alpha value is -0.450. The van der Waals surface area contributed by atoms with Crippen molar-refractivity contribution in [2.75, 3.05) is 0 Å². The number of rotatable bonds is 4. The van der Waals surface area contributed by atoms with Crippen LogP contribution in [-0.2, 0) is 0 Å².